The van der Waals surface area contributed by atoms with E-state index in [1.807, 2.05) is 0 Å². The maximum absolute atomic E-state index is 12.4. The molecule has 1 aromatic rings. The zero-order chi connectivity index (χ0) is 23.4. The number of nitrogens with two attached hydrogens (primary N) is 1. The molecule has 0 aliphatic carbocycles. The topological polar surface area (TPSA) is 83.6 Å². The van der Waals surface area contributed by atoms with E-state index in [0.29, 0.717) is 12.8 Å². The second kappa shape index (κ2) is 18.5. The Morgan fingerprint density at radius 3 is 1.62 bits per heavy atom. The van der Waals surface area contributed by atoms with Gasteiger partial charge in [0.2, 0.25) is 5.91 Å². The predicted octanol–water partition coefficient (Wildman–Crippen LogP) is 7.10. The summed E-state index contributed by atoms with van der Waals surface area (Å²) < 4.78 is 0. The van der Waals surface area contributed by atoms with Crippen LogP contribution in [0.1, 0.15) is 115 Å². The Hall–Kier alpha value is -2.04. The van der Waals surface area contributed by atoms with E-state index in [9.17, 15) is 14.7 Å². The van der Waals surface area contributed by atoms with Crippen molar-refractivity contribution in [3.05, 3.63) is 29.8 Å². The number of urea groups is 1. The molecule has 0 spiro atoms. The van der Waals surface area contributed by atoms with Gasteiger partial charge in [0.25, 0.3) is 0 Å². The molecule has 1 aromatic carbocycles. The van der Waals surface area contributed by atoms with E-state index in [1.165, 1.54) is 77.0 Å². The van der Waals surface area contributed by atoms with Crippen molar-refractivity contribution >= 4 is 11.9 Å². The minimum absolute atomic E-state index is 0.189. The first kappa shape index (κ1) is 28.0. The molecule has 32 heavy (non-hydrogen) atoms. The lowest BCUT2D eigenvalue weighted by Crippen LogP contribution is -2.41. The lowest BCUT2D eigenvalue weighted by atomic mass is 10.0. The number of rotatable bonds is 19. The summed E-state index contributed by atoms with van der Waals surface area (Å²) in [5.41, 5.74) is 6.36. The van der Waals surface area contributed by atoms with Gasteiger partial charge < -0.3 is 10.8 Å². The normalized spacial score (nSPS) is 10.9. The number of aromatic hydroxyl groups is 1. The molecule has 0 bridgehead atoms. The molecule has 0 aliphatic rings. The molecule has 182 valence electrons. The first-order valence-electron chi connectivity index (χ1n) is 12.9. The maximum Gasteiger partial charge on any atom is 0.321 e. The molecule has 0 heterocycles. The van der Waals surface area contributed by atoms with Crippen LogP contribution in [0.5, 0.6) is 5.75 Å². The predicted molar refractivity (Wildman–Crippen MR) is 133 cm³/mol. The van der Waals surface area contributed by atoms with Gasteiger partial charge in [-0.25, -0.2) is 4.79 Å². The van der Waals surface area contributed by atoms with Gasteiger partial charge in [-0.1, -0.05) is 109 Å². The highest BCUT2D eigenvalue weighted by atomic mass is 16.3. The number of primary amides is 1. The fourth-order valence-corrected chi connectivity index (χ4v) is 4.04. The summed E-state index contributed by atoms with van der Waals surface area (Å²) in [6.45, 7) is 2.54. The smallest absolute Gasteiger partial charge is 0.321 e. The first-order valence-corrected chi connectivity index (χ1v) is 12.9. The highest BCUT2D eigenvalue weighted by Crippen LogP contribution is 2.15. The van der Waals surface area contributed by atoms with Crippen molar-refractivity contribution < 1.29 is 14.7 Å². The van der Waals surface area contributed by atoms with Gasteiger partial charge >= 0.3 is 6.03 Å². The van der Waals surface area contributed by atoms with Gasteiger partial charge in [0, 0.05) is 13.0 Å². The quantitative estimate of drug-likeness (QED) is 0.222. The largest absolute Gasteiger partial charge is 0.508 e. The molecule has 0 saturated carbocycles. The number of benzene rings is 1. The lowest BCUT2D eigenvalue weighted by Gasteiger charge is -2.18. The zero-order valence-corrected chi connectivity index (χ0v) is 20.3. The average Bonchev–Trinajstić information content (AvgIpc) is 2.77. The standard InChI is InChI=1S/C27H46N2O3/c1-2-3-4-5-6-7-8-9-10-11-12-13-14-15-16-17-26(31)29(27(28)32)23-22-24-18-20-25(30)21-19-24/h18-21,30H,2-17,22-23H2,1H3,(H2,28,32). The molecule has 5 nitrogen and oxygen atoms in total. The van der Waals surface area contributed by atoms with Gasteiger partial charge in [-0.15, -0.1) is 0 Å². The van der Waals surface area contributed by atoms with E-state index in [4.69, 9.17) is 5.73 Å². The number of phenolic OH excluding ortho intramolecular Hbond substituents is 1. The van der Waals surface area contributed by atoms with Crippen LogP contribution in [0.3, 0.4) is 0 Å². The van der Waals surface area contributed by atoms with Crippen molar-refractivity contribution in [3.8, 4) is 5.75 Å². The summed E-state index contributed by atoms with van der Waals surface area (Å²) in [6, 6.07) is 6.08. The molecule has 0 aliphatic heterocycles. The van der Waals surface area contributed by atoms with Gasteiger partial charge in [0.15, 0.2) is 0 Å². The summed E-state index contributed by atoms with van der Waals surface area (Å²) in [5, 5.41) is 9.33. The highest BCUT2D eigenvalue weighted by Gasteiger charge is 2.18. The van der Waals surface area contributed by atoms with Gasteiger partial charge in [0.1, 0.15) is 5.75 Å². The summed E-state index contributed by atoms with van der Waals surface area (Å²) in [6.07, 6.45) is 20.1. The van der Waals surface area contributed by atoms with E-state index >= 15 is 0 Å². The molecule has 0 fully saturated rings. The molecule has 3 N–H and O–H groups in total. The summed E-state index contributed by atoms with van der Waals surface area (Å²) in [7, 11) is 0. The molecular weight excluding hydrogens is 400 g/mol. The van der Waals surface area contributed by atoms with Crippen molar-refractivity contribution in [2.45, 2.75) is 116 Å². The van der Waals surface area contributed by atoms with Crippen molar-refractivity contribution in [3.63, 3.8) is 0 Å². The second-order valence-corrected chi connectivity index (χ2v) is 9.00. The minimum Gasteiger partial charge on any atom is -0.508 e. The van der Waals surface area contributed by atoms with Crippen LogP contribution in [0.4, 0.5) is 4.79 Å². The number of nitrogens with zero attached hydrogens (tertiary/aromatic N) is 1. The SMILES string of the molecule is CCCCCCCCCCCCCCCCCC(=O)N(CCc1ccc(O)cc1)C(N)=O. The van der Waals surface area contributed by atoms with Gasteiger partial charge in [0.05, 0.1) is 0 Å². The number of imide groups is 1. The van der Waals surface area contributed by atoms with Crippen LogP contribution in [0, 0.1) is 0 Å². The van der Waals surface area contributed by atoms with Crippen LogP contribution in [0.25, 0.3) is 0 Å². The molecule has 0 atom stereocenters. The second-order valence-electron chi connectivity index (χ2n) is 9.00. The minimum atomic E-state index is -0.685. The van der Waals surface area contributed by atoms with Crippen LogP contribution in [0.2, 0.25) is 0 Å². The number of hydrogen-bond donors (Lipinski definition) is 2. The molecule has 5 heteroatoms. The molecule has 0 saturated heterocycles. The molecule has 1 rings (SSSR count). The number of carbonyl (C=O) groups excluding carboxylic acids is 2. The highest BCUT2D eigenvalue weighted by molar-refractivity contribution is 5.93. The van der Waals surface area contributed by atoms with Crippen molar-refractivity contribution in [1.29, 1.82) is 0 Å². The number of hydrogen-bond acceptors (Lipinski definition) is 3. The third kappa shape index (κ3) is 14.1. The fraction of sp³-hybridized carbons (Fsp3) is 0.704. The Labute approximate surface area is 195 Å². The van der Waals surface area contributed by atoms with E-state index in [0.717, 1.165) is 29.7 Å². The average molecular weight is 447 g/mol. The van der Waals surface area contributed by atoms with E-state index in [1.54, 1.807) is 24.3 Å². The Bertz CT molecular complexity index is 616. The number of unbranched alkanes of at least 4 members (excludes halogenated alkanes) is 14. The Kier molecular flexibility index (Phi) is 16.2. The molecule has 3 amide bonds. The lowest BCUT2D eigenvalue weighted by molar-refractivity contribution is -0.128. The van der Waals surface area contributed by atoms with E-state index < -0.39 is 6.03 Å². The molecule has 0 unspecified atom stereocenters. The van der Waals surface area contributed by atoms with Crippen LogP contribution >= 0.6 is 0 Å². The van der Waals surface area contributed by atoms with E-state index in [-0.39, 0.29) is 18.2 Å². The van der Waals surface area contributed by atoms with Crippen LogP contribution in [-0.2, 0) is 11.2 Å². The van der Waals surface area contributed by atoms with Crippen LogP contribution in [-0.4, -0.2) is 28.5 Å². The van der Waals surface area contributed by atoms with Gasteiger partial charge in [-0.2, -0.15) is 0 Å². The third-order valence-corrected chi connectivity index (χ3v) is 6.12. The Balaban J connectivity index is 2.00. The van der Waals surface area contributed by atoms with Crippen molar-refractivity contribution in [1.82, 2.24) is 4.90 Å². The monoisotopic (exact) mass is 446 g/mol. The van der Waals surface area contributed by atoms with Crippen molar-refractivity contribution in [2.75, 3.05) is 6.54 Å². The number of amides is 3. The Morgan fingerprint density at radius 1 is 0.750 bits per heavy atom. The fourth-order valence-electron chi connectivity index (χ4n) is 4.04. The van der Waals surface area contributed by atoms with Gasteiger partial charge in [-0.05, 0) is 30.5 Å². The third-order valence-electron chi connectivity index (χ3n) is 6.12. The molecular formula is C27H46N2O3. The first-order chi connectivity index (χ1) is 15.5. The maximum atomic E-state index is 12.4. The van der Waals surface area contributed by atoms with Crippen LogP contribution in [0.15, 0.2) is 24.3 Å². The summed E-state index contributed by atoms with van der Waals surface area (Å²) in [4.78, 5) is 25.2. The zero-order valence-electron chi connectivity index (χ0n) is 20.3. The number of carbonyl (C=O) groups is 2. The molecule has 0 aromatic heterocycles. The number of phenols is 1. The van der Waals surface area contributed by atoms with Crippen LogP contribution < -0.4 is 5.73 Å². The van der Waals surface area contributed by atoms with Gasteiger partial charge in [-0.3, -0.25) is 9.69 Å². The summed E-state index contributed by atoms with van der Waals surface area (Å²) >= 11 is 0. The molecule has 0 radical (unpaired) electrons. The summed E-state index contributed by atoms with van der Waals surface area (Å²) in [5.74, 6) is 0.00993. The van der Waals surface area contributed by atoms with E-state index in [2.05, 4.69) is 6.92 Å². The Morgan fingerprint density at radius 2 is 1.19 bits per heavy atom. The van der Waals surface area contributed by atoms with Crippen molar-refractivity contribution in [2.24, 2.45) is 5.73 Å².